The highest BCUT2D eigenvalue weighted by Gasteiger charge is 2.17. The monoisotopic (exact) mass is 409 g/mol. The number of fused-ring (bicyclic) bond motifs is 1. The second-order valence-electron chi connectivity index (χ2n) is 6.37. The van der Waals surface area contributed by atoms with Gasteiger partial charge in [-0.15, -0.1) is 11.3 Å². The zero-order valence-electron chi connectivity index (χ0n) is 15.8. The molecule has 0 atom stereocenters. The Morgan fingerprint density at radius 3 is 2.71 bits per heavy atom. The molecular weight excluding hydrogens is 390 g/mol. The summed E-state index contributed by atoms with van der Waals surface area (Å²) in [5.74, 6) is 1.28. The molecule has 2 aromatic carbocycles. The molecule has 2 aromatic heterocycles. The van der Waals surface area contributed by atoms with Crippen molar-refractivity contribution in [1.82, 2.24) is 14.5 Å². The number of thiazole rings is 1. The summed E-state index contributed by atoms with van der Waals surface area (Å²) in [6.45, 7) is 3.98. The molecule has 0 unspecified atom stereocenters. The fourth-order valence-electron chi connectivity index (χ4n) is 3.01. The molecule has 0 radical (unpaired) electrons. The van der Waals surface area contributed by atoms with E-state index in [1.807, 2.05) is 61.7 Å². The lowest BCUT2D eigenvalue weighted by Crippen LogP contribution is -2.22. The number of ether oxygens (including phenoxy) is 1. The largest absolute Gasteiger partial charge is 0.495 e. The maximum absolute atomic E-state index is 13.4. The van der Waals surface area contributed by atoms with E-state index in [2.05, 4.69) is 4.98 Å². The predicted octanol–water partition coefficient (Wildman–Crippen LogP) is 4.76. The quantitative estimate of drug-likeness (QED) is 0.351. The van der Waals surface area contributed by atoms with Gasteiger partial charge in [0.15, 0.2) is 5.16 Å². The van der Waals surface area contributed by atoms with Gasteiger partial charge in [0.2, 0.25) is 0 Å². The molecule has 0 aliphatic carbocycles. The first kappa shape index (κ1) is 18.7. The van der Waals surface area contributed by atoms with Gasteiger partial charge < -0.3 is 4.74 Å². The molecule has 0 amide bonds. The van der Waals surface area contributed by atoms with Crippen LogP contribution in [0.1, 0.15) is 16.3 Å². The van der Waals surface area contributed by atoms with Crippen LogP contribution in [0.15, 0.2) is 57.8 Å². The van der Waals surface area contributed by atoms with Gasteiger partial charge in [-0.2, -0.15) is 0 Å². The molecule has 0 N–H and O–H groups in total. The highest BCUT2D eigenvalue weighted by Crippen LogP contribution is 2.29. The standard InChI is InChI=1S/C21H19N3O2S2/c1-13-8-9-19(26-3)18(10-13)24-20(25)16-6-4-5-7-17(16)23-21(24)28-12-15-11-27-14(2)22-15/h4-11H,12H2,1-3H3. The van der Waals surface area contributed by atoms with Crippen molar-refractivity contribution in [3.05, 3.63) is 74.5 Å². The average Bonchev–Trinajstić information content (AvgIpc) is 3.12. The zero-order valence-corrected chi connectivity index (χ0v) is 17.4. The van der Waals surface area contributed by atoms with E-state index in [-0.39, 0.29) is 5.56 Å². The minimum absolute atomic E-state index is 0.105. The molecule has 0 aliphatic rings. The number of methoxy groups -OCH3 is 1. The number of hydrogen-bond donors (Lipinski definition) is 0. The van der Waals surface area contributed by atoms with E-state index in [4.69, 9.17) is 9.72 Å². The SMILES string of the molecule is COc1ccc(C)cc1-n1c(SCc2csc(C)n2)nc2ccccc2c1=O. The summed E-state index contributed by atoms with van der Waals surface area (Å²) in [4.78, 5) is 22.7. The third-order valence-corrected chi connectivity index (χ3v) is 6.13. The summed E-state index contributed by atoms with van der Waals surface area (Å²) in [5, 5.41) is 4.27. The first-order chi connectivity index (χ1) is 13.6. The van der Waals surface area contributed by atoms with Crippen molar-refractivity contribution in [2.75, 3.05) is 7.11 Å². The number of aryl methyl sites for hydroxylation is 2. The van der Waals surface area contributed by atoms with Gasteiger partial charge >= 0.3 is 0 Å². The fourth-order valence-corrected chi connectivity index (χ4v) is 4.63. The second kappa shape index (κ2) is 7.77. The number of nitrogens with zero attached hydrogens (tertiary/aromatic N) is 3. The van der Waals surface area contributed by atoms with E-state index >= 15 is 0 Å². The van der Waals surface area contributed by atoms with Gasteiger partial charge in [0.1, 0.15) is 5.75 Å². The van der Waals surface area contributed by atoms with Crippen LogP contribution in [-0.4, -0.2) is 21.6 Å². The molecule has 2 heterocycles. The van der Waals surface area contributed by atoms with E-state index < -0.39 is 0 Å². The highest BCUT2D eigenvalue weighted by molar-refractivity contribution is 7.98. The van der Waals surface area contributed by atoms with Crippen LogP contribution in [0.4, 0.5) is 0 Å². The summed E-state index contributed by atoms with van der Waals surface area (Å²) in [6.07, 6.45) is 0. The second-order valence-corrected chi connectivity index (χ2v) is 8.38. The number of benzene rings is 2. The van der Waals surface area contributed by atoms with Gasteiger partial charge in [0.05, 0.1) is 34.4 Å². The zero-order chi connectivity index (χ0) is 19.7. The van der Waals surface area contributed by atoms with Crippen LogP contribution in [0.25, 0.3) is 16.6 Å². The number of para-hydroxylation sites is 1. The summed E-state index contributed by atoms with van der Waals surface area (Å²) >= 11 is 3.12. The summed E-state index contributed by atoms with van der Waals surface area (Å²) in [6, 6.07) is 13.2. The Bertz CT molecular complexity index is 1210. The van der Waals surface area contributed by atoms with Gasteiger partial charge in [-0.1, -0.05) is 30.0 Å². The van der Waals surface area contributed by atoms with E-state index in [1.54, 1.807) is 23.0 Å². The number of aromatic nitrogens is 3. The van der Waals surface area contributed by atoms with Crippen LogP contribution in [0.5, 0.6) is 5.75 Å². The van der Waals surface area contributed by atoms with Crippen LogP contribution in [0.3, 0.4) is 0 Å². The molecule has 0 spiro atoms. The van der Waals surface area contributed by atoms with E-state index in [0.717, 1.165) is 16.3 Å². The van der Waals surface area contributed by atoms with Crippen molar-refractivity contribution in [2.24, 2.45) is 0 Å². The Morgan fingerprint density at radius 2 is 1.96 bits per heavy atom. The molecule has 0 bridgehead atoms. The Kier molecular flexibility index (Phi) is 5.19. The molecule has 0 saturated heterocycles. The Morgan fingerprint density at radius 1 is 1.14 bits per heavy atom. The fraction of sp³-hybridized carbons (Fsp3) is 0.190. The molecule has 0 saturated carbocycles. The minimum Gasteiger partial charge on any atom is -0.495 e. The van der Waals surface area contributed by atoms with Crippen LogP contribution in [-0.2, 0) is 5.75 Å². The predicted molar refractivity (Wildman–Crippen MR) is 115 cm³/mol. The van der Waals surface area contributed by atoms with E-state index in [0.29, 0.717) is 33.2 Å². The molecule has 142 valence electrons. The van der Waals surface area contributed by atoms with E-state index in [1.165, 1.54) is 11.8 Å². The lowest BCUT2D eigenvalue weighted by molar-refractivity contribution is 0.411. The van der Waals surface area contributed by atoms with Crippen molar-refractivity contribution in [3.63, 3.8) is 0 Å². The first-order valence-electron chi connectivity index (χ1n) is 8.77. The lowest BCUT2D eigenvalue weighted by atomic mass is 10.2. The van der Waals surface area contributed by atoms with Crippen LogP contribution < -0.4 is 10.3 Å². The topological polar surface area (TPSA) is 57.0 Å². The highest BCUT2D eigenvalue weighted by atomic mass is 32.2. The Labute approximate surface area is 171 Å². The van der Waals surface area contributed by atoms with Gasteiger partial charge in [0, 0.05) is 11.1 Å². The molecule has 7 heteroatoms. The van der Waals surface area contributed by atoms with E-state index in [9.17, 15) is 4.79 Å². The molecule has 0 aliphatic heterocycles. The van der Waals surface area contributed by atoms with Gasteiger partial charge in [-0.05, 0) is 43.7 Å². The third-order valence-electron chi connectivity index (χ3n) is 4.34. The molecule has 4 rings (SSSR count). The number of rotatable bonds is 5. The van der Waals surface area contributed by atoms with Crippen molar-refractivity contribution in [2.45, 2.75) is 24.8 Å². The Hall–Kier alpha value is -2.64. The summed E-state index contributed by atoms with van der Waals surface area (Å²) in [5.41, 5.74) is 3.31. The Balaban J connectivity index is 1.91. The number of hydrogen-bond acceptors (Lipinski definition) is 6. The van der Waals surface area contributed by atoms with Gasteiger partial charge in [0.25, 0.3) is 5.56 Å². The summed E-state index contributed by atoms with van der Waals surface area (Å²) < 4.78 is 7.19. The van der Waals surface area contributed by atoms with Gasteiger partial charge in [-0.25, -0.2) is 9.97 Å². The maximum atomic E-state index is 13.4. The smallest absolute Gasteiger partial charge is 0.266 e. The third kappa shape index (κ3) is 3.55. The van der Waals surface area contributed by atoms with Crippen LogP contribution in [0.2, 0.25) is 0 Å². The molecule has 0 fully saturated rings. The molecule has 5 nitrogen and oxygen atoms in total. The maximum Gasteiger partial charge on any atom is 0.266 e. The normalized spacial score (nSPS) is 11.1. The number of thioether (sulfide) groups is 1. The van der Waals surface area contributed by atoms with Crippen LogP contribution >= 0.6 is 23.1 Å². The van der Waals surface area contributed by atoms with Crippen molar-refractivity contribution < 1.29 is 4.74 Å². The molecule has 28 heavy (non-hydrogen) atoms. The average molecular weight is 410 g/mol. The molecular formula is C21H19N3O2S2. The van der Waals surface area contributed by atoms with Crippen molar-refractivity contribution in [1.29, 1.82) is 0 Å². The molecule has 4 aromatic rings. The van der Waals surface area contributed by atoms with Crippen molar-refractivity contribution in [3.8, 4) is 11.4 Å². The minimum atomic E-state index is -0.105. The van der Waals surface area contributed by atoms with Crippen LogP contribution in [0, 0.1) is 13.8 Å². The van der Waals surface area contributed by atoms with Crippen molar-refractivity contribution >= 4 is 34.0 Å². The lowest BCUT2D eigenvalue weighted by Gasteiger charge is -2.16. The summed E-state index contributed by atoms with van der Waals surface area (Å²) in [7, 11) is 1.61. The first-order valence-corrected chi connectivity index (χ1v) is 10.6. The van der Waals surface area contributed by atoms with Gasteiger partial charge in [-0.3, -0.25) is 9.36 Å².